The van der Waals surface area contributed by atoms with Gasteiger partial charge in [-0.05, 0) is 18.2 Å². The van der Waals surface area contributed by atoms with Gasteiger partial charge in [-0.25, -0.2) is 13.4 Å². The molecule has 0 atom stereocenters. The summed E-state index contributed by atoms with van der Waals surface area (Å²) in [6, 6.07) is 3.73. The molecule has 0 fully saturated rings. The highest BCUT2D eigenvalue weighted by molar-refractivity contribution is 7.89. The minimum Gasteiger partial charge on any atom is -0.244 e. The van der Waals surface area contributed by atoms with Crippen LogP contribution in [-0.4, -0.2) is 24.3 Å². The number of hydrogen-bond acceptors (Lipinski definition) is 4. The summed E-state index contributed by atoms with van der Waals surface area (Å²) >= 11 is 1.42. The van der Waals surface area contributed by atoms with E-state index in [1.54, 1.807) is 5.38 Å². The summed E-state index contributed by atoms with van der Waals surface area (Å²) in [5.41, 5.74) is -0.639. The van der Waals surface area contributed by atoms with Crippen molar-refractivity contribution in [3.63, 3.8) is 0 Å². The highest BCUT2D eigenvalue weighted by atomic mass is 32.2. The Hall–Kier alpha value is -1.71. The minimum atomic E-state index is -4.62. The van der Waals surface area contributed by atoms with E-state index in [-0.39, 0.29) is 18.5 Å². The molecule has 0 aliphatic rings. The van der Waals surface area contributed by atoms with Crippen molar-refractivity contribution in [2.24, 2.45) is 0 Å². The van der Waals surface area contributed by atoms with Gasteiger partial charge in [-0.15, -0.1) is 17.9 Å². The van der Waals surface area contributed by atoms with Crippen LogP contribution in [0.25, 0.3) is 0 Å². The van der Waals surface area contributed by atoms with Crippen LogP contribution in [0.15, 0.2) is 47.2 Å². The van der Waals surface area contributed by atoms with Gasteiger partial charge in [0.05, 0.1) is 27.7 Å². The average molecular weight is 419 g/mol. The Kier molecular flexibility index (Phi) is 6.18. The maximum absolute atomic E-state index is 12.9. The Morgan fingerprint density at radius 3 is 2.44 bits per heavy atom. The number of hydrogen-bond donors (Lipinski definition) is 0. The van der Waals surface area contributed by atoms with Crippen molar-refractivity contribution in [2.75, 3.05) is 6.54 Å². The lowest BCUT2D eigenvalue weighted by Crippen LogP contribution is -2.31. The van der Waals surface area contributed by atoms with Crippen LogP contribution < -0.4 is 0 Å². The molecule has 27 heavy (non-hydrogen) atoms. The largest absolute Gasteiger partial charge is 0.416 e. The summed E-state index contributed by atoms with van der Waals surface area (Å²) in [5.74, 6) is 0. The number of sulfonamides is 1. The van der Waals surface area contributed by atoms with Crippen molar-refractivity contribution in [1.82, 2.24) is 9.29 Å². The standard InChI is InChI=1S/C18H21F3N2O2S2/c1-5-9-23(11-14-12-26-16(22-14)17(2,3)4)27(24,25)15-8-6-7-13(10-15)18(19,20)21/h5-8,10,12H,1,9,11H2,2-4H3. The zero-order valence-electron chi connectivity index (χ0n) is 15.2. The first-order valence-corrected chi connectivity index (χ1v) is 10.4. The molecule has 2 rings (SSSR count). The fraction of sp³-hybridized carbons (Fsp3) is 0.389. The van der Waals surface area contributed by atoms with E-state index in [1.165, 1.54) is 17.4 Å². The smallest absolute Gasteiger partial charge is 0.244 e. The Morgan fingerprint density at radius 2 is 1.93 bits per heavy atom. The first kappa shape index (κ1) is 21.6. The predicted octanol–water partition coefficient (Wildman–Crippen LogP) is 4.84. The van der Waals surface area contributed by atoms with Crippen molar-refractivity contribution in [2.45, 2.75) is 43.8 Å². The van der Waals surface area contributed by atoms with E-state index in [1.807, 2.05) is 20.8 Å². The number of nitrogens with zero attached hydrogens (tertiary/aromatic N) is 2. The fourth-order valence-electron chi connectivity index (χ4n) is 2.28. The van der Waals surface area contributed by atoms with Gasteiger partial charge in [0.15, 0.2) is 0 Å². The molecule has 9 heteroatoms. The lowest BCUT2D eigenvalue weighted by atomic mass is 9.98. The second-order valence-corrected chi connectivity index (χ2v) is 9.80. The van der Waals surface area contributed by atoms with E-state index in [9.17, 15) is 21.6 Å². The van der Waals surface area contributed by atoms with Gasteiger partial charge in [0, 0.05) is 17.3 Å². The fourth-order valence-corrected chi connectivity index (χ4v) is 4.61. The molecule has 0 aliphatic carbocycles. The summed E-state index contributed by atoms with van der Waals surface area (Å²) in [5, 5.41) is 2.62. The van der Waals surface area contributed by atoms with Crippen LogP contribution in [0.3, 0.4) is 0 Å². The molecule has 0 bridgehead atoms. The lowest BCUT2D eigenvalue weighted by Gasteiger charge is -2.20. The van der Waals surface area contributed by atoms with E-state index < -0.39 is 26.7 Å². The predicted molar refractivity (Wildman–Crippen MR) is 100 cm³/mol. The number of alkyl halides is 3. The van der Waals surface area contributed by atoms with Crippen molar-refractivity contribution >= 4 is 21.4 Å². The third-order valence-electron chi connectivity index (χ3n) is 3.66. The molecule has 148 valence electrons. The van der Waals surface area contributed by atoms with E-state index in [0.29, 0.717) is 11.8 Å². The van der Waals surface area contributed by atoms with Gasteiger partial charge in [0.25, 0.3) is 0 Å². The maximum atomic E-state index is 12.9. The molecular formula is C18H21F3N2O2S2. The zero-order valence-corrected chi connectivity index (χ0v) is 16.9. The monoisotopic (exact) mass is 418 g/mol. The van der Waals surface area contributed by atoms with Gasteiger partial charge in [-0.2, -0.15) is 17.5 Å². The maximum Gasteiger partial charge on any atom is 0.416 e. The van der Waals surface area contributed by atoms with Crippen LogP contribution in [0.2, 0.25) is 0 Å². The quantitative estimate of drug-likeness (QED) is 0.631. The molecule has 1 aromatic heterocycles. The van der Waals surface area contributed by atoms with Gasteiger partial charge in [-0.1, -0.05) is 32.9 Å². The minimum absolute atomic E-state index is 0.0407. The molecule has 0 N–H and O–H groups in total. The molecule has 0 saturated carbocycles. The molecule has 0 aliphatic heterocycles. The van der Waals surface area contributed by atoms with Crippen molar-refractivity contribution in [1.29, 1.82) is 0 Å². The van der Waals surface area contributed by atoms with E-state index >= 15 is 0 Å². The summed E-state index contributed by atoms with van der Waals surface area (Å²) < 4.78 is 65.7. The molecule has 2 aromatic rings. The van der Waals surface area contributed by atoms with Crippen LogP contribution in [0.4, 0.5) is 13.2 Å². The van der Waals surface area contributed by atoms with Crippen LogP contribution >= 0.6 is 11.3 Å². The van der Waals surface area contributed by atoms with Gasteiger partial charge in [-0.3, -0.25) is 0 Å². The Balaban J connectivity index is 2.37. The van der Waals surface area contributed by atoms with Gasteiger partial charge < -0.3 is 0 Å². The van der Waals surface area contributed by atoms with Gasteiger partial charge >= 0.3 is 6.18 Å². The molecule has 0 spiro atoms. The summed E-state index contributed by atoms with van der Waals surface area (Å²) in [7, 11) is -4.14. The van der Waals surface area contributed by atoms with Crippen molar-refractivity contribution in [3.05, 3.63) is 58.6 Å². The molecule has 0 amide bonds. The Labute approximate surface area is 161 Å². The van der Waals surface area contributed by atoms with Crippen LogP contribution in [0.5, 0.6) is 0 Å². The Morgan fingerprint density at radius 1 is 1.26 bits per heavy atom. The van der Waals surface area contributed by atoms with Gasteiger partial charge in [0.2, 0.25) is 10.0 Å². The average Bonchev–Trinajstić information content (AvgIpc) is 3.03. The van der Waals surface area contributed by atoms with E-state index in [2.05, 4.69) is 11.6 Å². The summed E-state index contributed by atoms with van der Waals surface area (Å²) in [4.78, 5) is 4.05. The number of halogens is 3. The molecular weight excluding hydrogens is 397 g/mol. The number of rotatable bonds is 6. The zero-order chi connectivity index (χ0) is 20.5. The number of benzene rings is 1. The number of aromatic nitrogens is 1. The third kappa shape index (κ3) is 5.18. The molecule has 4 nitrogen and oxygen atoms in total. The topological polar surface area (TPSA) is 50.3 Å². The SMILES string of the molecule is C=CCN(Cc1csc(C(C)(C)C)n1)S(=O)(=O)c1cccc(C(F)(F)F)c1. The molecule has 1 aromatic carbocycles. The van der Waals surface area contributed by atoms with Crippen molar-refractivity contribution in [3.8, 4) is 0 Å². The highest BCUT2D eigenvalue weighted by Crippen LogP contribution is 2.32. The summed E-state index contributed by atoms with van der Waals surface area (Å²) in [6.07, 6.45) is -3.23. The van der Waals surface area contributed by atoms with Gasteiger partial charge in [0.1, 0.15) is 0 Å². The van der Waals surface area contributed by atoms with Crippen LogP contribution in [-0.2, 0) is 28.2 Å². The third-order valence-corrected chi connectivity index (χ3v) is 6.79. The second kappa shape index (κ2) is 7.73. The van der Waals surface area contributed by atoms with Crippen molar-refractivity contribution < 1.29 is 21.6 Å². The Bertz CT molecular complexity index is 913. The normalized spacial score (nSPS) is 13.1. The van der Waals surface area contributed by atoms with Crippen LogP contribution in [0.1, 0.15) is 37.0 Å². The van der Waals surface area contributed by atoms with Crippen LogP contribution in [0, 0.1) is 0 Å². The number of thiazole rings is 1. The molecule has 0 unspecified atom stereocenters. The first-order chi connectivity index (χ1) is 12.4. The van der Waals surface area contributed by atoms with E-state index in [4.69, 9.17) is 0 Å². The summed E-state index contributed by atoms with van der Waals surface area (Å²) in [6.45, 7) is 9.45. The molecule has 0 radical (unpaired) electrons. The second-order valence-electron chi connectivity index (χ2n) is 7.01. The molecule has 0 saturated heterocycles. The van der Waals surface area contributed by atoms with E-state index in [0.717, 1.165) is 27.5 Å². The highest BCUT2D eigenvalue weighted by Gasteiger charge is 2.33. The molecule has 1 heterocycles. The first-order valence-electron chi connectivity index (χ1n) is 8.09. The lowest BCUT2D eigenvalue weighted by molar-refractivity contribution is -0.137.